The number of benzene rings is 1. The molecule has 3 rings (SSSR count). The highest BCUT2D eigenvalue weighted by atomic mass is 16.6. The fourth-order valence-corrected chi connectivity index (χ4v) is 2.43. The van der Waals surface area contributed by atoms with E-state index in [1.165, 1.54) is 13.4 Å². The molecule has 1 saturated heterocycles. The predicted molar refractivity (Wildman–Crippen MR) is 92.8 cm³/mol. The van der Waals surface area contributed by atoms with Crippen LogP contribution in [-0.2, 0) is 9.47 Å². The zero-order chi connectivity index (χ0) is 20.0. The molecule has 0 saturated carbocycles. The molecule has 1 fully saturated rings. The second kappa shape index (κ2) is 9.33. The standard InChI is InChI=1S/C9H14N4O5.C8H8O/c1-17-2-4-5(14)6(15)9(18-4)13-3-11-8(12-13)7(10)16;1-7(9)8-5-3-2-4-6-8/h3-6,9,14-15H,2H2,1H3,(H2,10,16);2-6H,1H3/t4-,5-,6-,9-;/m1./s1. The zero-order valence-electron chi connectivity index (χ0n) is 14.9. The van der Waals surface area contributed by atoms with Crippen LogP contribution in [0, 0.1) is 0 Å². The van der Waals surface area contributed by atoms with Gasteiger partial charge in [-0.15, -0.1) is 5.10 Å². The van der Waals surface area contributed by atoms with Crippen molar-refractivity contribution in [3.8, 4) is 0 Å². The maximum Gasteiger partial charge on any atom is 0.288 e. The number of carbonyl (C=O) groups is 2. The Kier molecular flexibility index (Phi) is 7.13. The van der Waals surface area contributed by atoms with E-state index in [2.05, 4.69) is 10.1 Å². The number of ketones is 1. The number of hydrogen-bond donors (Lipinski definition) is 3. The molecule has 0 spiro atoms. The molecule has 10 heteroatoms. The van der Waals surface area contributed by atoms with Gasteiger partial charge in [0.1, 0.15) is 24.6 Å². The quantitative estimate of drug-likeness (QED) is 0.591. The van der Waals surface area contributed by atoms with Gasteiger partial charge in [-0.05, 0) is 6.92 Å². The lowest BCUT2D eigenvalue weighted by Gasteiger charge is -2.13. The first kappa shape index (κ1) is 20.6. The molecule has 0 radical (unpaired) electrons. The van der Waals surface area contributed by atoms with Crippen LogP contribution in [0.5, 0.6) is 0 Å². The minimum Gasteiger partial charge on any atom is -0.387 e. The van der Waals surface area contributed by atoms with Crippen molar-refractivity contribution in [1.29, 1.82) is 0 Å². The number of methoxy groups -OCH3 is 1. The number of aliphatic hydroxyl groups is 2. The van der Waals surface area contributed by atoms with Crippen LogP contribution in [0.2, 0.25) is 0 Å². The fourth-order valence-electron chi connectivity index (χ4n) is 2.43. The van der Waals surface area contributed by atoms with Crippen LogP contribution in [0.25, 0.3) is 0 Å². The highest BCUT2D eigenvalue weighted by molar-refractivity contribution is 5.93. The van der Waals surface area contributed by atoms with E-state index in [1.807, 2.05) is 30.3 Å². The number of nitrogens with two attached hydrogens (primary N) is 1. The van der Waals surface area contributed by atoms with E-state index in [4.69, 9.17) is 15.2 Å². The molecule has 1 aromatic heterocycles. The van der Waals surface area contributed by atoms with Gasteiger partial charge in [0, 0.05) is 12.7 Å². The van der Waals surface area contributed by atoms with Crippen molar-refractivity contribution in [2.75, 3.05) is 13.7 Å². The van der Waals surface area contributed by atoms with Crippen molar-refractivity contribution in [2.45, 2.75) is 31.5 Å². The maximum atomic E-state index is 10.9. The smallest absolute Gasteiger partial charge is 0.288 e. The van der Waals surface area contributed by atoms with Crippen LogP contribution >= 0.6 is 0 Å². The first-order valence-electron chi connectivity index (χ1n) is 8.12. The average Bonchev–Trinajstić information content (AvgIpc) is 3.24. The van der Waals surface area contributed by atoms with E-state index < -0.39 is 30.4 Å². The molecule has 0 unspecified atom stereocenters. The van der Waals surface area contributed by atoms with Crippen molar-refractivity contribution in [3.63, 3.8) is 0 Å². The van der Waals surface area contributed by atoms with Gasteiger partial charge >= 0.3 is 0 Å². The molecule has 2 aromatic rings. The van der Waals surface area contributed by atoms with Crippen molar-refractivity contribution in [1.82, 2.24) is 14.8 Å². The number of aromatic nitrogens is 3. The van der Waals surface area contributed by atoms with Crippen molar-refractivity contribution >= 4 is 11.7 Å². The lowest BCUT2D eigenvalue weighted by atomic mass is 10.1. The molecule has 0 bridgehead atoms. The van der Waals surface area contributed by atoms with Crippen molar-refractivity contribution < 1.29 is 29.3 Å². The molecule has 2 heterocycles. The van der Waals surface area contributed by atoms with E-state index in [1.54, 1.807) is 6.92 Å². The van der Waals surface area contributed by atoms with Gasteiger partial charge in [-0.25, -0.2) is 9.67 Å². The minimum atomic E-state index is -1.19. The lowest BCUT2D eigenvalue weighted by Crippen LogP contribution is -2.33. The summed E-state index contributed by atoms with van der Waals surface area (Å²) >= 11 is 0. The zero-order valence-corrected chi connectivity index (χ0v) is 14.9. The monoisotopic (exact) mass is 378 g/mol. The largest absolute Gasteiger partial charge is 0.387 e. The number of aliphatic hydroxyl groups excluding tert-OH is 2. The third kappa shape index (κ3) is 5.17. The highest BCUT2D eigenvalue weighted by Crippen LogP contribution is 2.28. The molecular weight excluding hydrogens is 356 g/mol. The average molecular weight is 378 g/mol. The van der Waals surface area contributed by atoms with Gasteiger partial charge in [0.05, 0.1) is 6.61 Å². The van der Waals surface area contributed by atoms with Crippen molar-refractivity contribution in [2.24, 2.45) is 5.73 Å². The Bertz CT molecular complexity index is 766. The summed E-state index contributed by atoms with van der Waals surface area (Å²) < 4.78 is 11.4. The van der Waals surface area contributed by atoms with Gasteiger partial charge in [-0.2, -0.15) is 0 Å². The Balaban J connectivity index is 0.000000244. The second-order valence-corrected chi connectivity index (χ2v) is 5.84. The molecule has 1 amide bonds. The summed E-state index contributed by atoms with van der Waals surface area (Å²) in [6.45, 7) is 1.70. The molecule has 10 nitrogen and oxygen atoms in total. The van der Waals surface area contributed by atoms with Crippen LogP contribution in [0.4, 0.5) is 0 Å². The number of ether oxygens (including phenoxy) is 2. The minimum absolute atomic E-state index is 0.121. The molecule has 4 atom stereocenters. The lowest BCUT2D eigenvalue weighted by molar-refractivity contribution is -0.0648. The van der Waals surface area contributed by atoms with E-state index in [0.717, 1.165) is 10.2 Å². The first-order valence-corrected chi connectivity index (χ1v) is 8.12. The maximum absolute atomic E-state index is 10.9. The van der Waals surface area contributed by atoms with Gasteiger partial charge in [0.15, 0.2) is 12.0 Å². The molecule has 0 aliphatic carbocycles. The number of amides is 1. The van der Waals surface area contributed by atoms with Gasteiger partial charge in [0.2, 0.25) is 5.82 Å². The van der Waals surface area contributed by atoms with E-state index in [9.17, 15) is 19.8 Å². The molecule has 146 valence electrons. The number of nitrogens with zero attached hydrogens (tertiary/aromatic N) is 3. The van der Waals surface area contributed by atoms with Crippen LogP contribution < -0.4 is 5.73 Å². The first-order chi connectivity index (χ1) is 12.8. The van der Waals surface area contributed by atoms with Crippen molar-refractivity contribution in [3.05, 3.63) is 48.0 Å². The molecule has 1 aromatic carbocycles. The summed E-state index contributed by atoms with van der Waals surface area (Å²) in [7, 11) is 1.45. The van der Waals surface area contributed by atoms with E-state index >= 15 is 0 Å². The number of primary amides is 1. The Labute approximate surface area is 155 Å². The van der Waals surface area contributed by atoms with Crippen LogP contribution in [0.15, 0.2) is 36.7 Å². The van der Waals surface area contributed by atoms with Crippen LogP contribution in [-0.4, -0.2) is 68.7 Å². The molecule has 1 aliphatic rings. The molecule has 27 heavy (non-hydrogen) atoms. The summed E-state index contributed by atoms with van der Waals surface area (Å²) in [4.78, 5) is 25.2. The normalized spacial score (nSPS) is 24.1. The molecule has 4 N–H and O–H groups in total. The third-order valence-corrected chi connectivity index (χ3v) is 3.84. The van der Waals surface area contributed by atoms with Gasteiger partial charge in [-0.3, -0.25) is 9.59 Å². The summed E-state index contributed by atoms with van der Waals surface area (Å²) in [5.41, 5.74) is 5.79. The number of Topliss-reactive ketones (excluding diaryl/α,β-unsaturated/α-hetero) is 1. The van der Waals surface area contributed by atoms with Gasteiger partial charge in [0.25, 0.3) is 5.91 Å². The Morgan fingerprint density at radius 2 is 1.93 bits per heavy atom. The Morgan fingerprint density at radius 3 is 2.41 bits per heavy atom. The third-order valence-electron chi connectivity index (χ3n) is 3.84. The summed E-state index contributed by atoms with van der Waals surface area (Å²) in [5.74, 6) is -0.846. The Morgan fingerprint density at radius 1 is 1.26 bits per heavy atom. The number of hydrogen-bond acceptors (Lipinski definition) is 8. The van der Waals surface area contributed by atoms with Gasteiger partial charge < -0.3 is 25.4 Å². The molecular formula is C17H22N4O6. The SMILES string of the molecule is CC(=O)c1ccccc1.COC[C@H]1O[C@@H](n2cnc(C(N)=O)n2)[C@H](O)[C@@H]1O. The van der Waals surface area contributed by atoms with E-state index in [-0.39, 0.29) is 18.2 Å². The number of carbonyl (C=O) groups excluding carboxylic acids is 2. The van der Waals surface area contributed by atoms with E-state index in [0.29, 0.717) is 0 Å². The highest BCUT2D eigenvalue weighted by Gasteiger charge is 2.44. The predicted octanol–water partition coefficient (Wildman–Crippen LogP) is -0.468. The van der Waals surface area contributed by atoms with Crippen LogP contribution in [0.3, 0.4) is 0 Å². The summed E-state index contributed by atoms with van der Waals surface area (Å²) in [5, 5.41) is 23.3. The second-order valence-electron chi connectivity index (χ2n) is 5.84. The number of rotatable bonds is 5. The van der Waals surface area contributed by atoms with Crippen LogP contribution in [0.1, 0.15) is 34.1 Å². The van der Waals surface area contributed by atoms with Gasteiger partial charge in [-0.1, -0.05) is 30.3 Å². The molecule has 1 aliphatic heterocycles. The Hall–Kier alpha value is -2.66. The summed E-state index contributed by atoms with van der Waals surface area (Å²) in [6, 6.07) is 9.23. The fraction of sp³-hybridized carbons (Fsp3) is 0.412. The topological polar surface area (TPSA) is 150 Å². The summed E-state index contributed by atoms with van der Waals surface area (Å²) in [6.07, 6.45) is -2.68.